The molecule has 6 nitrogen and oxygen atoms in total. The van der Waals surface area contributed by atoms with E-state index in [-0.39, 0.29) is 12.3 Å². The van der Waals surface area contributed by atoms with Crippen LogP contribution in [-0.2, 0) is 9.59 Å². The summed E-state index contributed by atoms with van der Waals surface area (Å²) in [6.45, 7) is 0.497. The number of nitrogens with zero attached hydrogens (tertiary/aromatic N) is 1. The van der Waals surface area contributed by atoms with E-state index in [4.69, 9.17) is 15.1 Å². The van der Waals surface area contributed by atoms with Gasteiger partial charge < -0.3 is 15.2 Å². The van der Waals surface area contributed by atoms with Crippen LogP contribution in [-0.4, -0.2) is 30.6 Å². The van der Waals surface area contributed by atoms with E-state index in [1.165, 1.54) is 13.2 Å². The fraction of sp³-hybridized carbons (Fsp3) is 0.353. The number of aliphatic carboxylic acids is 1. The molecule has 0 aliphatic heterocycles. The first-order chi connectivity index (χ1) is 11.1. The molecular weight excluding hydrogens is 296 g/mol. The molecule has 0 atom stereocenters. The molecule has 23 heavy (non-hydrogen) atoms. The largest absolute Gasteiger partial charge is 0.497 e. The van der Waals surface area contributed by atoms with Gasteiger partial charge in [0.2, 0.25) is 5.91 Å². The summed E-state index contributed by atoms with van der Waals surface area (Å²) in [5, 5.41) is 20.3. The lowest BCUT2D eigenvalue weighted by Crippen LogP contribution is -2.22. The molecule has 0 fully saturated rings. The molecule has 0 aromatic heterocycles. The number of carboxylic acids is 1. The van der Waals surface area contributed by atoms with Gasteiger partial charge in [-0.25, -0.2) is 0 Å². The van der Waals surface area contributed by atoms with Crippen molar-refractivity contribution in [2.45, 2.75) is 25.7 Å². The zero-order valence-electron chi connectivity index (χ0n) is 13.0. The number of hydrogen-bond donors (Lipinski definition) is 2. The minimum Gasteiger partial charge on any atom is -0.497 e. The van der Waals surface area contributed by atoms with Crippen molar-refractivity contribution in [1.29, 1.82) is 5.26 Å². The molecule has 0 saturated carbocycles. The molecule has 0 saturated heterocycles. The third kappa shape index (κ3) is 7.14. The van der Waals surface area contributed by atoms with E-state index in [0.717, 1.165) is 12.8 Å². The van der Waals surface area contributed by atoms with Crippen LogP contribution in [0, 0.1) is 11.3 Å². The minimum absolute atomic E-state index is 0.155. The number of carboxylic acid groups (broad SMARTS) is 1. The molecule has 6 heteroatoms. The SMILES string of the molecule is COc1ccc(C=CC(=O)NCCCCCC(=O)O)c(C#N)c1. The van der Waals surface area contributed by atoms with Gasteiger partial charge in [0.1, 0.15) is 5.75 Å². The Labute approximate surface area is 135 Å². The minimum atomic E-state index is -0.801. The maximum atomic E-state index is 11.7. The lowest BCUT2D eigenvalue weighted by Gasteiger charge is -2.03. The molecule has 1 aromatic carbocycles. The Morgan fingerprint density at radius 3 is 2.78 bits per heavy atom. The monoisotopic (exact) mass is 316 g/mol. The summed E-state index contributed by atoms with van der Waals surface area (Å²) in [5.41, 5.74) is 1.08. The van der Waals surface area contributed by atoms with E-state index in [1.54, 1.807) is 24.3 Å². The Morgan fingerprint density at radius 1 is 1.35 bits per heavy atom. The number of benzene rings is 1. The molecule has 0 spiro atoms. The summed E-state index contributed by atoms with van der Waals surface area (Å²) in [4.78, 5) is 22.0. The van der Waals surface area contributed by atoms with Gasteiger partial charge in [-0.15, -0.1) is 0 Å². The molecule has 1 aromatic rings. The molecule has 1 rings (SSSR count). The number of carbonyl (C=O) groups excluding carboxylic acids is 1. The fourth-order valence-corrected chi connectivity index (χ4v) is 1.92. The highest BCUT2D eigenvalue weighted by Gasteiger charge is 2.02. The number of hydrogen-bond acceptors (Lipinski definition) is 4. The topological polar surface area (TPSA) is 99.4 Å². The molecular formula is C17H20N2O4. The summed E-state index contributed by atoms with van der Waals surface area (Å²) in [6, 6.07) is 7.11. The average molecular weight is 316 g/mol. The number of unbranched alkanes of at least 4 members (excludes halogenated alkanes) is 2. The van der Waals surface area contributed by atoms with Crippen LogP contribution < -0.4 is 10.1 Å². The summed E-state index contributed by atoms with van der Waals surface area (Å²) >= 11 is 0. The van der Waals surface area contributed by atoms with Crippen molar-refractivity contribution in [1.82, 2.24) is 5.32 Å². The Morgan fingerprint density at radius 2 is 2.13 bits per heavy atom. The van der Waals surface area contributed by atoms with Gasteiger partial charge in [0, 0.05) is 19.0 Å². The van der Waals surface area contributed by atoms with Crippen LogP contribution in [0.5, 0.6) is 5.75 Å². The Bertz CT molecular complexity index is 618. The van der Waals surface area contributed by atoms with Gasteiger partial charge in [-0.2, -0.15) is 5.26 Å². The quantitative estimate of drug-likeness (QED) is 0.538. The first kappa shape index (κ1) is 18.2. The smallest absolute Gasteiger partial charge is 0.303 e. The van der Waals surface area contributed by atoms with Crippen LogP contribution in [0.25, 0.3) is 6.08 Å². The van der Waals surface area contributed by atoms with Crippen LogP contribution in [0.1, 0.15) is 36.8 Å². The molecule has 0 bridgehead atoms. The Kier molecular flexibility index (Phi) is 7.94. The number of carbonyl (C=O) groups is 2. The van der Waals surface area contributed by atoms with E-state index in [2.05, 4.69) is 11.4 Å². The number of ether oxygens (including phenoxy) is 1. The van der Waals surface area contributed by atoms with Crippen molar-refractivity contribution in [2.24, 2.45) is 0 Å². The van der Waals surface area contributed by atoms with Gasteiger partial charge in [0.15, 0.2) is 0 Å². The van der Waals surface area contributed by atoms with Crippen LogP contribution in [0.3, 0.4) is 0 Å². The van der Waals surface area contributed by atoms with Crippen molar-refractivity contribution in [3.05, 3.63) is 35.4 Å². The van der Waals surface area contributed by atoms with E-state index < -0.39 is 5.97 Å². The molecule has 1 amide bonds. The molecule has 0 aliphatic carbocycles. The van der Waals surface area contributed by atoms with Crippen molar-refractivity contribution in [3.8, 4) is 11.8 Å². The zero-order chi connectivity index (χ0) is 17.1. The third-order valence-corrected chi connectivity index (χ3v) is 3.16. The molecule has 122 valence electrons. The number of rotatable bonds is 9. The first-order valence-corrected chi connectivity index (χ1v) is 7.32. The standard InChI is InChI=1S/C17H20N2O4/c1-23-15-8-6-13(14(11-15)12-18)7-9-16(20)19-10-4-2-3-5-17(21)22/h6-9,11H,2-5,10H2,1H3,(H,19,20)(H,21,22). The van der Waals surface area contributed by atoms with Crippen molar-refractivity contribution >= 4 is 18.0 Å². The lowest BCUT2D eigenvalue weighted by molar-refractivity contribution is -0.137. The normalized spacial score (nSPS) is 10.3. The predicted octanol–water partition coefficient (Wildman–Crippen LogP) is 2.34. The zero-order valence-corrected chi connectivity index (χ0v) is 13.0. The van der Waals surface area contributed by atoms with Gasteiger partial charge in [0.25, 0.3) is 0 Å². The van der Waals surface area contributed by atoms with Gasteiger partial charge in [-0.1, -0.05) is 6.42 Å². The maximum absolute atomic E-state index is 11.7. The highest BCUT2D eigenvalue weighted by atomic mass is 16.5. The summed E-state index contributed by atoms with van der Waals surface area (Å²) < 4.78 is 5.05. The van der Waals surface area contributed by atoms with Crippen LogP contribution in [0.15, 0.2) is 24.3 Å². The summed E-state index contributed by atoms with van der Waals surface area (Å²) in [6.07, 6.45) is 5.21. The van der Waals surface area contributed by atoms with Crippen molar-refractivity contribution < 1.29 is 19.4 Å². The highest BCUT2D eigenvalue weighted by molar-refractivity contribution is 5.92. The third-order valence-electron chi connectivity index (χ3n) is 3.16. The second-order valence-electron chi connectivity index (χ2n) is 4.89. The Hall–Kier alpha value is -2.81. The number of nitriles is 1. The summed E-state index contributed by atoms with van der Waals surface area (Å²) in [5.74, 6) is -0.461. The molecule has 0 heterocycles. The van der Waals surface area contributed by atoms with Gasteiger partial charge in [0.05, 0.1) is 18.7 Å². The van der Waals surface area contributed by atoms with Crippen molar-refractivity contribution in [3.63, 3.8) is 0 Å². The number of methoxy groups -OCH3 is 1. The number of nitrogens with one attached hydrogen (secondary N) is 1. The van der Waals surface area contributed by atoms with E-state index in [9.17, 15) is 9.59 Å². The van der Waals surface area contributed by atoms with Crippen LogP contribution in [0.4, 0.5) is 0 Å². The maximum Gasteiger partial charge on any atom is 0.303 e. The predicted molar refractivity (Wildman–Crippen MR) is 85.9 cm³/mol. The van der Waals surface area contributed by atoms with E-state index in [1.807, 2.05) is 0 Å². The molecule has 0 aliphatic rings. The molecule has 0 unspecified atom stereocenters. The second kappa shape index (κ2) is 10.0. The number of amides is 1. The van der Waals surface area contributed by atoms with Crippen LogP contribution in [0.2, 0.25) is 0 Å². The van der Waals surface area contributed by atoms with Crippen molar-refractivity contribution in [2.75, 3.05) is 13.7 Å². The van der Waals surface area contributed by atoms with Gasteiger partial charge >= 0.3 is 5.97 Å². The molecule has 2 N–H and O–H groups in total. The first-order valence-electron chi connectivity index (χ1n) is 7.32. The van der Waals surface area contributed by atoms with Crippen LogP contribution >= 0.6 is 0 Å². The molecule has 0 radical (unpaired) electrons. The lowest BCUT2D eigenvalue weighted by atomic mass is 10.1. The fourth-order valence-electron chi connectivity index (χ4n) is 1.92. The van der Waals surface area contributed by atoms with E-state index >= 15 is 0 Å². The van der Waals surface area contributed by atoms with Gasteiger partial charge in [-0.05, 0) is 42.7 Å². The second-order valence-corrected chi connectivity index (χ2v) is 4.89. The Balaban J connectivity index is 2.41. The van der Waals surface area contributed by atoms with E-state index in [0.29, 0.717) is 29.8 Å². The van der Waals surface area contributed by atoms with Gasteiger partial charge in [-0.3, -0.25) is 9.59 Å². The summed E-state index contributed by atoms with van der Waals surface area (Å²) in [7, 11) is 1.52. The average Bonchev–Trinajstić information content (AvgIpc) is 2.55. The highest BCUT2D eigenvalue weighted by Crippen LogP contribution is 2.18.